The van der Waals surface area contributed by atoms with E-state index in [1.807, 2.05) is 11.0 Å². The molecule has 1 aliphatic rings. The Hall–Kier alpha value is -1.70. The van der Waals surface area contributed by atoms with E-state index in [1.54, 1.807) is 24.4 Å². The van der Waals surface area contributed by atoms with Crippen LogP contribution in [0.25, 0.3) is 0 Å². The van der Waals surface area contributed by atoms with Crippen LogP contribution < -0.4 is 5.32 Å². The van der Waals surface area contributed by atoms with Gasteiger partial charge in [0.2, 0.25) is 0 Å². The van der Waals surface area contributed by atoms with Gasteiger partial charge in [-0.25, -0.2) is 0 Å². The number of carbonyl (C=O) groups is 1. The molecule has 4 nitrogen and oxygen atoms in total. The van der Waals surface area contributed by atoms with Gasteiger partial charge in [0, 0.05) is 24.3 Å². The third-order valence-corrected chi connectivity index (χ3v) is 4.24. The third-order valence-electron chi connectivity index (χ3n) is 3.67. The Bertz CT molecular complexity index is 629. The van der Waals surface area contributed by atoms with Gasteiger partial charge in [-0.3, -0.25) is 4.79 Å². The second kappa shape index (κ2) is 7.53. The molecule has 22 heavy (non-hydrogen) atoms. The van der Waals surface area contributed by atoms with Crippen molar-refractivity contribution in [2.24, 2.45) is 5.92 Å². The number of hydrogen-bond donors (Lipinski definition) is 1. The van der Waals surface area contributed by atoms with Gasteiger partial charge < -0.3 is 10.2 Å². The summed E-state index contributed by atoms with van der Waals surface area (Å²) in [6, 6.07) is 6.73. The fraction of sp³-hybridized carbons (Fsp3) is 0.375. The summed E-state index contributed by atoms with van der Waals surface area (Å²) < 4.78 is 0. The van der Waals surface area contributed by atoms with Gasteiger partial charge in [0.15, 0.2) is 0 Å². The number of piperidine rings is 1. The topological polar surface area (TPSA) is 56.1 Å². The molecular weight excluding hydrogens is 321 g/mol. The first-order valence-electron chi connectivity index (χ1n) is 7.12. The molecule has 1 aliphatic heterocycles. The zero-order valence-corrected chi connectivity index (χ0v) is 13.8. The van der Waals surface area contributed by atoms with E-state index in [0.717, 1.165) is 25.9 Å². The highest BCUT2D eigenvalue weighted by atomic mass is 35.5. The van der Waals surface area contributed by atoms with E-state index >= 15 is 0 Å². The van der Waals surface area contributed by atoms with Crippen molar-refractivity contribution in [2.45, 2.75) is 19.8 Å². The molecule has 0 spiro atoms. The Labute approximate surface area is 140 Å². The first-order valence-corrected chi connectivity index (χ1v) is 7.87. The van der Waals surface area contributed by atoms with E-state index in [9.17, 15) is 10.1 Å². The molecule has 0 radical (unpaired) electrons. The van der Waals surface area contributed by atoms with Crippen LogP contribution in [0.5, 0.6) is 0 Å². The molecule has 0 bridgehead atoms. The summed E-state index contributed by atoms with van der Waals surface area (Å²) in [5, 5.41) is 12.7. The van der Waals surface area contributed by atoms with Gasteiger partial charge in [0.1, 0.15) is 11.6 Å². The number of carbonyl (C=O) groups excluding carboxylic acids is 1. The van der Waals surface area contributed by atoms with Crippen molar-refractivity contribution in [3.63, 3.8) is 0 Å². The number of nitrogens with one attached hydrogen (secondary N) is 1. The van der Waals surface area contributed by atoms with Crippen LogP contribution in [-0.4, -0.2) is 23.9 Å². The van der Waals surface area contributed by atoms with E-state index in [-0.39, 0.29) is 5.57 Å². The number of amides is 1. The van der Waals surface area contributed by atoms with Gasteiger partial charge in [-0.2, -0.15) is 5.26 Å². The lowest BCUT2D eigenvalue weighted by atomic mass is 9.99. The molecule has 0 saturated carbocycles. The highest BCUT2D eigenvalue weighted by molar-refractivity contribution is 6.35. The summed E-state index contributed by atoms with van der Waals surface area (Å²) >= 11 is 11.9. The van der Waals surface area contributed by atoms with E-state index in [4.69, 9.17) is 23.2 Å². The molecule has 0 atom stereocenters. The normalized spacial score (nSPS) is 16.3. The summed E-state index contributed by atoms with van der Waals surface area (Å²) in [5.74, 6) is 0.208. The molecule has 1 aromatic carbocycles. The van der Waals surface area contributed by atoms with Crippen LogP contribution in [0.3, 0.4) is 0 Å². The zero-order valence-electron chi connectivity index (χ0n) is 12.3. The standard InChI is InChI=1S/C16H17Cl2N3O/c1-11-4-6-21(7-5-11)10-12(9-19)16(22)20-15-8-13(17)2-3-14(15)18/h2-3,8,10-11H,4-7H2,1H3,(H,20,22)/b12-10-. The van der Waals surface area contributed by atoms with Crippen LogP contribution in [-0.2, 0) is 4.79 Å². The predicted molar refractivity (Wildman–Crippen MR) is 88.8 cm³/mol. The lowest BCUT2D eigenvalue weighted by Crippen LogP contribution is -2.29. The predicted octanol–water partition coefficient (Wildman–Crippen LogP) is 4.07. The Kier molecular flexibility index (Phi) is 5.70. The summed E-state index contributed by atoms with van der Waals surface area (Å²) in [4.78, 5) is 14.2. The maximum atomic E-state index is 12.2. The van der Waals surface area contributed by atoms with Crippen molar-refractivity contribution in [1.82, 2.24) is 4.90 Å². The molecule has 1 saturated heterocycles. The molecule has 1 amide bonds. The molecule has 1 aromatic rings. The zero-order chi connectivity index (χ0) is 16.1. The van der Waals surface area contributed by atoms with Gasteiger partial charge in [-0.15, -0.1) is 0 Å². The monoisotopic (exact) mass is 337 g/mol. The van der Waals surface area contributed by atoms with Crippen molar-refractivity contribution >= 4 is 34.8 Å². The van der Waals surface area contributed by atoms with Gasteiger partial charge >= 0.3 is 0 Å². The third kappa shape index (κ3) is 4.40. The summed E-state index contributed by atoms with van der Waals surface area (Å²) in [6.45, 7) is 3.93. The number of nitriles is 1. The average Bonchev–Trinajstić information content (AvgIpc) is 2.50. The van der Waals surface area contributed by atoms with Crippen LogP contribution in [0.15, 0.2) is 30.0 Å². The molecule has 1 fully saturated rings. The molecule has 0 unspecified atom stereocenters. The summed E-state index contributed by atoms with van der Waals surface area (Å²) in [6.07, 6.45) is 3.76. The van der Waals surface area contributed by atoms with Crippen LogP contribution >= 0.6 is 23.2 Å². The lowest BCUT2D eigenvalue weighted by molar-refractivity contribution is -0.112. The highest BCUT2D eigenvalue weighted by Gasteiger charge is 2.17. The number of likely N-dealkylation sites (tertiary alicyclic amines) is 1. The number of hydrogen-bond acceptors (Lipinski definition) is 3. The van der Waals surface area contributed by atoms with Crippen LogP contribution in [0, 0.1) is 17.2 Å². The molecule has 0 aromatic heterocycles. The fourth-order valence-electron chi connectivity index (χ4n) is 2.26. The number of rotatable bonds is 3. The van der Waals surface area contributed by atoms with E-state index in [2.05, 4.69) is 12.2 Å². The average molecular weight is 338 g/mol. The minimum Gasteiger partial charge on any atom is -0.376 e. The number of halogens is 2. The Morgan fingerprint density at radius 1 is 1.41 bits per heavy atom. The number of anilines is 1. The fourth-order valence-corrected chi connectivity index (χ4v) is 2.60. The van der Waals surface area contributed by atoms with Crippen molar-refractivity contribution in [1.29, 1.82) is 5.26 Å². The molecule has 6 heteroatoms. The Morgan fingerprint density at radius 3 is 2.73 bits per heavy atom. The minimum absolute atomic E-state index is 0.0607. The quantitative estimate of drug-likeness (QED) is 0.668. The van der Waals surface area contributed by atoms with Crippen LogP contribution in [0.2, 0.25) is 10.0 Å². The minimum atomic E-state index is -0.481. The maximum absolute atomic E-state index is 12.2. The number of nitrogens with zero attached hydrogens (tertiary/aromatic N) is 2. The SMILES string of the molecule is CC1CCN(/C=C(/C#N)C(=O)Nc2cc(Cl)ccc2Cl)CC1. The van der Waals surface area contributed by atoms with Crippen molar-refractivity contribution in [2.75, 3.05) is 18.4 Å². The molecular formula is C16H17Cl2N3O. The van der Waals surface area contributed by atoms with Crippen LogP contribution in [0.1, 0.15) is 19.8 Å². The summed E-state index contributed by atoms with van der Waals surface area (Å²) in [5.41, 5.74) is 0.457. The Morgan fingerprint density at radius 2 is 2.09 bits per heavy atom. The van der Waals surface area contributed by atoms with E-state index in [0.29, 0.717) is 21.7 Å². The van der Waals surface area contributed by atoms with E-state index in [1.165, 1.54) is 0 Å². The van der Waals surface area contributed by atoms with E-state index < -0.39 is 5.91 Å². The first-order chi connectivity index (χ1) is 10.5. The first kappa shape index (κ1) is 16.7. The molecule has 2 rings (SSSR count). The molecule has 1 N–H and O–H groups in total. The number of benzene rings is 1. The molecule has 1 heterocycles. The maximum Gasteiger partial charge on any atom is 0.267 e. The van der Waals surface area contributed by atoms with Gasteiger partial charge in [0.25, 0.3) is 5.91 Å². The summed E-state index contributed by atoms with van der Waals surface area (Å²) in [7, 11) is 0. The van der Waals surface area contributed by atoms with Gasteiger partial charge in [0.05, 0.1) is 10.7 Å². The lowest BCUT2D eigenvalue weighted by Gasteiger charge is -2.29. The highest BCUT2D eigenvalue weighted by Crippen LogP contribution is 2.26. The largest absolute Gasteiger partial charge is 0.376 e. The van der Waals surface area contributed by atoms with Crippen molar-refractivity contribution in [3.8, 4) is 6.07 Å². The van der Waals surface area contributed by atoms with Crippen molar-refractivity contribution in [3.05, 3.63) is 40.0 Å². The molecule has 0 aliphatic carbocycles. The second-order valence-electron chi connectivity index (χ2n) is 5.45. The second-order valence-corrected chi connectivity index (χ2v) is 6.29. The van der Waals surface area contributed by atoms with Crippen molar-refractivity contribution < 1.29 is 4.79 Å². The van der Waals surface area contributed by atoms with Crippen LogP contribution in [0.4, 0.5) is 5.69 Å². The smallest absolute Gasteiger partial charge is 0.267 e. The molecule has 116 valence electrons. The van der Waals surface area contributed by atoms with Gasteiger partial charge in [-0.1, -0.05) is 30.1 Å². The Balaban J connectivity index is 2.09. The van der Waals surface area contributed by atoms with Gasteiger partial charge in [-0.05, 0) is 37.0 Å².